The van der Waals surface area contributed by atoms with E-state index in [9.17, 15) is 9.59 Å². The normalized spacial score (nSPS) is 11.4. The van der Waals surface area contributed by atoms with Gasteiger partial charge in [-0.05, 0) is 46.9 Å². The molecule has 0 aromatic heterocycles. The molecule has 5 nitrogen and oxygen atoms in total. The maximum atomic E-state index is 12.1. The Hall–Kier alpha value is -3.08. The van der Waals surface area contributed by atoms with Crippen molar-refractivity contribution in [3.8, 4) is 5.75 Å². The molecular formula is C22H26N2O3. The zero-order valence-corrected chi connectivity index (χ0v) is 16.0. The molecule has 0 unspecified atom stereocenters. The largest absolute Gasteiger partial charge is 0.493 e. The Morgan fingerprint density at radius 1 is 1.04 bits per heavy atom. The predicted molar refractivity (Wildman–Crippen MR) is 109 cm³/mol. The molecule has 0 spiro atoms. The molecule has 142 valence electrons. The highest BCUT2D eigenvalue weighted by Crippen LogP contribution is 2.22. The number of ether oxygens (including phenoxy) is 1. The number of nitrogens with one attached hydrogen (secondary N) is 1. The lowest BCUT2D eigenvalue weighted by Gasteiger charge is -2.18. The number of hydrogen-bond acceptors (Lipinski definition) is 3. The highest BCUT2D eigenvalue weighted by molar-refractivity contribution is 6.01. The van der Waals surface area contributed by atoms with E-state index in [1.165, 1.54) is 11.6 Å². The second-order valence-electron chi connectivity index (χ2n) is 7.28. The number of anilines is 1. The number of hydrogen-bond donors (Lipinski definition) is 2. The second kappa shape index (κ2) is 9.03. The van der Waals surface area contributed by atoms with Crippen LogP contribution in [0, 0.1) is 0 Å². The zero-order valence-electron chi connectivity index (χ0n) is 16.0. The van der Waals surface area contributed by atoms with Crippen LogP contribution in [0.25, 0.3) is 6.08 Å². The number of amides is 2. The van der Waals surface area contributed by atoms with E-state index >= 15 is 0 Å². The van der Waals surface area contributed by atoms with Gasteiger partial charge in [0, 0.05) is 11.8 Å². The zero-order chi connectivity index (χ0) is 19.9. The summed E-state index contributed by atoms with van der Waals surface area (Å²) in [6.07, 6.45) is 3.45. The Bertz CT molecular complexity index is 801. The number of benzene rings is 2. The molecule has 0 aliphatic rings. The fourth-order valence-electron chi connectivity index (χ4n) is 2.35. The average Bonchev–Trinajstić information content (AvgIpc) is 2.61. The minimum absolute atomic E-state index is 0.106. The van der Waals surface area contributed by atoms with Crippen molar-refractivity contribution in [1.29, 1.82) is 0 Å². The van der Waals surface area contributed by atoms with Crippen LogP contribution >= 0.6 is 0 Å². The first-order valence-corrected chi connectivity index (χ1v) is 8.85. The summed E-state index contributed by atoms with van der Waals surface area (Å²) >= 11 is 0. The van der Waals surface area contributed by atoms with E-state index in [2.05, 4.69) is 38.2 Å². The molecule has 0 bridgehead atoms. The first-order valence-electron chi connectivity index (χ1n) is 8.85. The van der Waals surface area contributed by atoms with E-state index in [0.717, 1.165) is 5.56 Å². The monoisotopic (exact) mass is 366 g/mol. The van der Waals surface area contributed by atoms with E-state index in [4.69, 9.17) is 10.5 Å². The number of nitrogens with two attached hydrogens (primary N) is 1. The van der Waals surface area contributed by atoms with Gasteiger partial charge in [-0.25, -0.2) is 0 Å². The van der Waals surface area contributed by atoms with Gasteiger partial charge < -0.3 is 15.8 Å². The van der Waals surface area contributed by atoms with Crippen molar-refractivity contribution in [3.63, 3.8) is 0 Å². The molecule has 2 aromatic rings. The van der Waals surface area contributed by atoms with Crippen LogP contribution in [0.5, 0.6) is 5.75 Å². The van der Waals surface area contributed by atoms with Gasteiger partial charge in [-0.15, -0.1) is 0 Å². The molecule has 2 amide bonds. The van der Waals surface area contributed by atoms with E-state index in [1.807, 2.05) is 12.1 Å². The molecule has 27 heavy (non-hydrogen) atoms. The molecule has 3 N–H and O–H groups in total. The first kappa shape index (κ1) is 20.2. The van der Waals surface area contributed by atoms with Crippen LogP contribution in [-0.2, 0) is 15.0 Å². The molecule has 0 atom stereocenters. The van der Waals surface area contributed by atoms with Crippen molar-refractivity contribution >= 4 is 23.6 Å². The third kappa shape index (κ3) is 6.98. The van der Waals surface area contributed by atoms with Crippen molar-refractivity contribution < 1.29 is 14.3 Å². The molecule has 0 fully saturated rings. The summed E-state index contributed by atoms with van der Waals surface area (Å²) in [5.41, 5.74) is 8.05. The summed E-state index contributed by atoms with van der Waals surface area (Å²) in [6.45, 7) is 6.73. The topological polar surface area (TPSA) is 81.4 Å². The number of carbonyl (C=O) groups is 2. The van der Waals surface area contributed by atoms with Gasteiger partial charge in [0.15, 0.2) is 0 Å². The summed E-state index contributed by atoms with van der Waals surface area (Å²) in [6, 6.07) is 15.1. The van der Waals surface area contributed by atoms with E-state index in [1.54, 1.807) is 30.3 Å². The highest BCUT2D eigenvalue weighted by Gasteiger charge is 2.12. The van der Waals surface area contributed by atoms with Gasteiger partial charge in [-0.2, -0.15) is 0 Å². The lowest BCUT2D eigenvalue weighted by molar-refractivity contribution is -0.118. The third-order valence-corrected chi connectivity index (χ3v) is 3.94. The smallest absolute Gasteiger partial charge is 0.248 e. The Labute approximate surface area is 160 Å². The number of carbonyl (C=O) groups excluding carboxylic acids is 2. The summed E-state index contributed by atoms with van der Waals surface area (Å²) < 4.78 is 5.39. The van der Waals surface area contributed by atoms with E-state index in [-0.39, 0.29) is 24.3 Å². The lowest BCUT2D eigenvalue weighted by Crippen LogP contribution is -2.14. The van der Waals surface area contributed by atoms with Gasteiger partial charge in [0.1, 0.15) is 5.75 Å². The Morgan fingerprint density at radius 2 is 1.67 bits per heavy atom. The average molecular weight is 366 g/mol. The summed E-state index contributed by atoms with van der Waals surface area (Å²) in [5, 5.41) is 2.79. The number of primary amides is 1. The Balaban J connectivity index is 1.87. The van der Waals surface area contributed by atoms with E-state index < -0.39 is 5.91 Å². The molecule has 0 radical (unpaired) electrons. The van der Waals surface area contributed by atoms with Gasteiger partial charge in [0.25, 0.3) is 0 Å². The Morgan fingerprint density at radius 3 is 2.22 bits per heavy atom. The fourth-order valence-corrected chi connectivity index (χ4v) is 2.35. The van der Waals surface area contributed by atoms with Crippen LogP contribution in [0.4, 0.5) is 5.69 Å². The standard InChI is InChI=1S/C22H26N2O3/c1-22(2,3)17-7-4-16(5-8-17)6-13-21(26)24-18-9-11-19(12-10-18)27-15-14-20(23)25/h4-13H,14-15H2,1-3H3,(H2,23,25)(H,24,26). The number of rotatable bonds is 7. The van der Waals surface area contributed by atoms with Crippen LogP contribution in [-0.4, -0.2) is 18.4 Å². The highest BCUT2D eigenvalue weighted by atomic mass is 16.5. The quantitative estimate of drug-likeness (QED) is 0.730. The van der Waals surface area contributed by atoms with Gasteiger partial charge in [0.05, 0.1) is 13.0 Å². The van der Waals surface area contributed by atoms with Gasteiger partial charge in [-0.1, -0.05) is 45.0 Å². The van der Waals surface area contributed by atoms with Gasteiger partial charge >= 0.3 is 0 Å². The second-order valence-corrected chi connectivity index (χ2v) is 7.28. The van der Waals surface area contributed by atoms with Crippen LogP contribution in [0.1, 0.15) is 38.3 Å². The summed E-state index contributed by atoms with van der Waals surface area (Å²) in [5.74, 6) is -0.000240. The molecule has 0 heterocycles. The third-order valence-electron chi connectivity index (χ3n) is 3.94. The van der Waals surface area contributed by atoms with Crippen LogP contribution in [0.2, 0.25) is 0 Å². The lowest BCUT2D eigenvalue weighted by atomic mass is 9.87. The first-order chi connectivity index (χ1) is 12.7. The van der Waals surface area contributed by atoms with Crippen LogP contribution in [0.3, 0.4) is 0 Å². The van der Waals surface area contributed by atoms with Crippen molar-refractivity contribution in [2.75, 3.05) is 11.9 Å². The van der Waals surface area contributed by atoms with Crippen LogP contribution < -0.4 is 15.8 Å². The van der Waals surface area contributed by atoms with Crippen LogP contribution in [0.15, 0.2) is 54.6 Å². The molecule has 2 rings (SSSR count). The predicted octanol–water partition coefficient (Wildman–Crippen LogP) is 3.89. The van der Waals surface area contributed by atoms with Crippen molar-refractivity contribution in [1.82, 2.24) is 0 Å². The SMILES string of the molecule is CC(C)(C)c1ccc(C=CC(=O)Nc2ccc(OCCC(N)=O)cc2)cc1. The molecular weight excluding hydrogens is 340 g/mol. The fraction of sp³-hybridized carbons (Fsp3) is 0.273. The van der Waals surface area contributed by atoms with Crippen molar-refractivity contribution in [2.24, 2.45) is 5.73 Å². The van der Waals surface area contributed by atoms with Gasteiger partial charge in [-0.3, -0.25) is 9.59 Å². The molecule has 0 aliphatic heterocycles. The Kier molecular flexibility index (Phi) is 6.77. The molecule has 5 heteroatoms. The summed E-state index contributed by atoms with van der Waals surface area (Å²) in [7, 11) is 0. The molecule has 0 saturated heterocycles. The maximum absolute atomic E-state index is 12.1. The van der Waals surface area contributed by atoms with Crippen molar-refractivity contribution in [3.05, 3.63) is 65.7 Å². The molecule has 2 aromatic carbocycles. The van der Waals surface area contributed by atoms with Crippen molar-refractivity contribution in [2.45, 2.75) is 32.6 Å². The minimum atomic E-state index is -0.404. The van der Waals surface area contributed by atoms with Gasteiger partial charge in [0.2, 0.25) is 11.8 Å². The molecule has 0 aliphatic carbocycles. The minimum Gasteiger partial charge on any atom is -0.493 e. The maximum Gasteiger partial charge on any atom is 0.248 e. The summed E-state index contributed by atoms with van der Waals surface area (Å²) in [4.78, 5) is 22.7. The molecule has 0 saturated carbocycles. The van der Waals surface area contributed by atoms with E-state index in [0.29, 0.717) is 11.4 Å².